The van der Waals surface area contributed by atoms with Crippen LogP contribution in [-0.2, 0) is 6.54 Å². The Morgan fingerprint density at radius 2 is 1.68 bits per heavy atom. The summed E-state index contributed by atoms with van der Waals surface area (Å²) in [6.45, 7) is 6.77. The fraction of sp³-hybridized carbons (Fsp3) is 0.212. The molecule has 1 N–H and O–H groups in total. The number of aromatic nitrogens is 3. The van der Waals surface area contributed by atoms with Crippen molar-refractivity contribution in [3.05, 3.63) is 125 Å². The van der Waals surface area contributed by atoms with Gasteiger partial charge in [-0.3, -0.25) is 0 Å². The SMILES string of the molecule is COc1ccccc1NC(=O)N1Cc2c(C)nn(-c3ccccc3)c2-n2cccc2[C@@H]1c1ccc(C(C)C)cc1. The number of fused-ring (bicyclic) bond motifs is 3. The van der Waals surface area contributed by atoms with Crippen molar-refractivity contribution in [3.63, 3.8) is 0 Å². The minimum atomic E-state index is -0.332. The third-order valence-electron chi connectivity index (χ3n) is 7.62. The van der Waals surface area contributed by atoms with E-state index in [1.165, 1.54) is 5.56 Å². The van der Waals surface area contributed by atoms with Gasteiger partial charge in [0.1, 0.15) is 11.6 Å². The van der Waals surface area contributed by atoms with Gasteiger partial charge >= 0.3 is 6.03 Å². The predicted molar refractivity (Wildman–Crippen MR) is 158 cm³/mol. The van der Waals surface area contributed by atoms with Crippen LogP contribution in [0.25, 0.3) is 11.5 Å². The molecule has 2 aromatic heterocycles. The molecule has 7 nitrogen and oxygen atoms in total. The van der Waals surface area contributed by atoms with E-state index < -0.39 is 0 Å². The lowest BCUT2D eigenvalue weighted by atomic mass is 9.97. The van der Waals surface area contributed by atoms with E-state index in [1.807, 2.05) is 65.0 Å². The topological polar surface area (TPSA) is 64.3 Å². The number of ether oxygens (including phenoxy) is 1. The Kier molecular flexibility index (Phi) is 6.64. The van der Waals surface area contributed by atoms with Crippen molar-refractivity contribution >= 4 is 11.7 Å². The van der Waals surface area contributed by atoms with E-state index in [1.54, 1.807) is 7.11 Å². The van der Waals surface area contributed by atoms with Gasteiger partial charge in [-0.25, -0.2) is 9.48 Å². The molecule has 0 saturated carbocycles. The summed E-state index contributed by atoms with van der Waals surface area (Å²) in [5.74, 6) is 1.97. The second-order valence-corrected chi connectivity index (χ2v) is 10.4. The molecule has 2 amide bonds. The Morgan fingerprint density at radius 3 is 2.40 bits per heavy atom. The summed E-state index contributed by atoms with van der Waals surface area (Å²) < 4.78 is 9.69. The molecule has 3 aromatic carbocycles. The number of nitrogens with zero attached hydrogens (tertiary/aromatic N) is 4. The van der Waals surface area contributed by atoms with Gasteiger partial charge in [0.15, 0.2) is 0 Å². The van der Waals surface area contributed by atoms with Crippen molar-refractivity contribution in [3.8, 4) is 17.3 Å². The number of amides is 2. The quantitative estimate of drug-likeness (QED) is 0.260. The first-order valence-electron chi connectivity index (χ1n) is 13.6. The number of carbonyl (C=O) groups is 1. The van der Waals surface area contributed by atoms with Gasteiger partial charge in [0.05, 0.1) is 42.5 Å². The van der Waals surface area contributed by atoms with Crippen molar-refractivity contribution in [2.75, 3.05) is 12.4 Å². The molecular formula is C33H33N5O2. The first-order valence-corrected chi connectivity index (χ1v) is 13.6. The largest absolute Gasteiger partial charge is 0.495 e. The van der Waals surface area contributed by atoms with E-state index >= 15 is 0 Å². The van der Waals surface area contributed by atoms with E-state index in [4.69, 9.17) is 9.84 Å². The lowest BCUT2D eigenvalue weighted by molar-refractivity contribution is 0.194. The maximum Gasteiger partial charge on any atom is 0.323 e. The summed E-state index contributed by atoms with van der Waals surface area (Å²) in [5, 5.41) is 8.06. The highest BCUT2D eigenvalue weighted by molar-refractivity contribution is 5.91. The molecule has 0 saturated heterocycles. The normalized spacial score (nSPS) is 14.4. The number of anilines is 1. The fourth-order valence-electron chi connectivity index (χ4n) is 5.50. The summed E-state index contributed by atoms with van der Waals surface area (Å²) in [4.78, 5) is 16.1. The summed E-state index contributed by atoms with van der Waals surface area (Å²) >= 11 is 0. The van der Waals surface area contributed by atoms with Gasteiger partial charge in [-0.1, -0.05) is 68.4 Å². The van der Waals surface area contributed by atoms with E-state index in [0.717, 1.165) is 34.0 Å². The van der Waals surface area contributed by atoms with Gasteiger partial charge < -0.3 is 19.5 Å². The third-order valence-corrected chi connectivity index (χ3v) is 7.62. The molecule has 7 heteroatoms. The van der Waals surface area contributed by atoms with E-state index in [9.17, 15) is 4.79 Å². The van der Waals surface area contributed by atoms with Crippen molar-refractivity contribution < 1.29 is 9.53 Å². The highest BCUT2D eigenvalue weighted by Gasteiger charge is 2.36. The highest BCUT2D eigenvalue weighted by atomic mass is 16.5. The first kappa shape index (κ1) is 25.5. The van der Waals surface area contributed by atoms with E-state index in [2.05, 4.69) is 72.4 Å². The Morgan fingerprint density at radius 1 is 0.950 bits per heavy atom. The molecule has 3 heterocycles. The van der Waals surface area contributed by atoms with Gasteiger partial charge in [0, 0.05) is 11.8 Å². The Labute approximate surface area is 234 Å². The van der Waals surface area contributed by atoms with Crippen molar-refractivity contribution in [1.29, 1.82) is 0 Å². The third kappa shape index (κ3) is 4.43. The van der Waals surface area contributed by atoms with Crippen molar-refractivity contribution in [2.24, 2.45) is 0 Å². The molecule has 1 aliphatic heterocycles. The number of rotatable bonds is 5. The lowest BCUT2D eigenvalue weighted by Crippen LogP contribution is -2.38. The zero-order valence-corrected chi connectivity index (χ0v) is 23.2. The Balaban J connectivity index is 1.52. The molecule has 0 unspecified atom stereocenters. The van der Waals surface area contributed by atoms with Crippen LogP contribution in [0.4, 0.5) is 10.5 Å². The van der Waals surface area contributed by atoms with Gasteiger partial charge in [0.2, 0.25) is 0 Å². The number of methoxy groups -OCH3 is 1. The van der Waals surface area contributed by atoms with E-state index in [-0.39, 0.29) is 12.1 Å². The number of hydrogen-bond acceptors (Lipinski definition) is 3. The van der Waals surface area contributed by atoms with Gasteiger partial charge in [0.25, 0.3) is 0 Å². The molecule has 0 spiro atoms. The Hall–Kier alpha value is -4.78. The lowest BCUT2D eigenvalue weighted by Gasteiger charge is -2.31. The van der Waals surface area contributed by atoms with Gasteiger partial charge in [-0.15, -0.1) is 0 Å². The van der Waals surface area contributed by atoms with Crippen LogP contribution in [0.5, 0.6) is 5.75 Å². The summed E-state index contributed by atoms with van der Waals surface area (Å²) in [6.07, 6.45) is 2.06. The summed E-state index contributed by atoms with van der Waals surface area (Å²) in [7, 11) is 1.61. The maximum absolute atomic E-state index is 14.2. The minimum Gasteiger partial charge on any atom is -0.495 e. The first-order chi connectivity index (χ1) is 19.5. The van der Waals surface area contributed by atoms with Crippen LogP contribution in [0.15, 0.2) is 97.2 Å². The molecule has 1 atom stereocenters. The van der Waals surface area contributed by atoms with Crippen molar-refractivity contribution in [1.82, 2.24) is 19.2 Å². The summed E-state index contributed by atoms with van der Waals surface area (Å²) in [5.41, 5.74) is 6.76. The molecule has 202 valence electrons. The van der Waals surface area contributed by atoms with Crippen LogP contribution < -0.4 is 10.1 Å². The number of para-hydroxylation sites is 3. The molecule has 5 aromatic rings. The standard InChI is InChI=1S/C33H33N5O2/c1-22(2)24-16-18-25(19-17-24)31-29-14-10-20-36(29)32-27(23(3)35-38(32)26-11-6-5-7-12-26)21-37(31)33(39)34-28-13-8-9-15-30(28)40-4/h5-20,22,31H,21H2,1-4H3,(H,34,39)/t31-/m0/s1. The fourth-order valence-corrected chi connectivity index (χ4v) is 5.50. The average Bonchev–Trinajstić information content (AvgIpc) is 3.54. The van der Waals surface area contributed by atoms with Crippen LogP contribution in [0.3, 0.4) is 0 Å². The molecule has 0 bridgehead atoms. The molecule has 1 aliphatic rings. The van der Waals surface area contributed by atoms with Crippen LogP contribution in [0, 0.1) is 6.92 Å². The van der Waals surface area contributed by atoms with Gasteiger partial charge in [-0.2, -0.15) is 5.10 Å². The van der Waals surface area contributed by atoms with Crippen LogP contribution in [0.1, 0.15) is 53.9 Å². The molecule has 0 radical (unpaired) electrons. The van der Waals surface area contributed by atoms with E-state index in [0.29, 0.717) is 23.9 Å². The number of carbonyl (C=O) groups excluding carboxylic acids is 1. The number of aryl methyl sites for hydroxylation is 1. The maximum atomic E-state index is 14.2. The molecule has 0 aliphatic carbocycles. The van der Waals surface area contributed by atoms with Gasteiger partial charge in [-0.05, 0) is 60.4 Å². The van der Waals surface area contributed by atoms with Crippen LogP contribution in [-0.4, -0.2) is 32.4 Å². The van der Waals surface area contributed by atoms with Crippen LogP contribution >= 0.6 is 0 Å². The number of urea groups is 1. The Bertz CT molecular complexity index is 1650. The zero-order valence-electron chi connectivity index (χ0n) is 23.2. The highest BCUT2D eigenvalue weighted by Crippen LogP contribution is 2.39. The monoisotopic (exact) mass is 531 g/mol. The minimum absolute atomic E-state index is 0.213. The van der Waals surface area contributed by atoms with Crippen LogP contribution in [0.2, 0.25) is 0 Å². The molecule has 6 rings (SSSR count). The zero-order chi connectivity index (χ0) is 27.8. The molecule has 40 heavy (non-hydrogen) atoms. The predicted octanol–water partition coefficient (Wildman–Crippen LogP) is 7.24. The summed E-state index contributed by atoms with van der Waals surface area (Å²) in [6, 6.07) is 29.8. The second-order valence-electron chi connectivity index (χ2n) is 10.4. The number of benzene rings is 3. The number of hydrogen-bond donors (Lipinski definition) is 1. The smallest absolute Gasteiger partial charge is 0.323 e. The number of nitrogens with one attached hydrogen (secondary N) is 1. The molecule has 0 fully saturated rings. The second kappa shape index (κ2) is 10.4. The molecular weight excluding hydrogens is 498 g/mol. The van der Waals surface area contributed by atoms with Crippen molar-refractivity contribution in [2.45, 2.75) is 39.3 Å². The average molecular weight is 532 g/mol.